The van der Waals surface area contributed by atoms with E-state index < -0.39 is 6.75 Å². The molecule has 1 rings (SSSR count). The fraction of sp³-hybridized carbons (Fsp3) is 0.727. The Morgan fingerprint density at radius 2 is 0.963 bits per heavy atom. The Labute approximate surface area is 167 Å². The minimum absolute atomic E-state index is 0.127. The van der Waals surface area contributed by atoms with Gasteiger partial charge in [-0.15, -0.1) is 5.46 Å². The van der Waals surface area contributed by atoms with Crippen LogP contribution >= 0.6 is 0 Å². The third-order valence-corrected chi connectivity index (χ3v) is 5.19. The zero-order valence-electron chi connectivity index (χ0n) is 18.2. The van der Waals surface area contributed by atoms with Crippen molar-refractivity contribution >= 4 is 12.2 Å². The number of rotatable bonds is 13. The highest BCUT2D eigenvalue weighted by Crippen LogP contribution is 2.16. The molecule has 0 amide bonds. The first kappa shape index (κ1) is 26.1. The average molecular weight is 381 g/mol. The second-order valence-corrected chi connectivity index (χ2v) is 7.79. The van der Waals surface area contributed by atoms with Gasteiger partial charge in [-0.3, -0.25) is 0 Å². The van der Waals surface area contributed by atoms with E-state index in [1.807, 2.05) is 0 Å². The van der Waals surface area contributed by atoms with Crippen LogP contribution in [0.2, 0.25) is 0 Å². The first-order valence-corrected chi connectivity index (χ1v) is 11.1. The Morgan fingerprint density at radius 3 is 1.19 bits per heavy atom. The number of hydrogen-bond acceptors (Lipinski definition) is 3. The molecule has 0 aliphatic rings. The minimum atomic E-state index is -3.30. The molecule has 1 aromatic rings. The summed E-state index contributed by atoms with van der Waals surface area (Å²) >= 11 is 0. The van der Waals surface area contributed by atoms with Crippen molar-refractivity contribution in [2.75, 3.05) is 26.2 Å². The van der Waals surface area contributed by atoms with Gasteiger partial charge < -0.3 is 19.6 Å². The molecule has 27 heavy (non-hydrogen) atoms. The summed E-state index contributed by atoms with van der Waals surface area (Å²) in [6.45, 7) is 11.7. The van der Waals surface area contributed by atoms with Crippen LogP contribution in [0.15, 0.2) is 30.3 Å². The molecule has 0 heterocycles. The van der Waals surface area contributed by atoms with E-state index in [1.165, 1.54) is 94.2 Å². The van der Waals surface area contributed by atoms with Gasteiger partial charge in [0.25, 0.3) is 0 Å². The fourth-order valence-corrected chi connectivity index (χ4v) is 3.36. The van der Waals surface area contributed by atoms with Crippen LogP contribution in [0.4, 0.5) is 0 Å². The lowest BCUT2D eigenvalue weighted by Gasteiger charge is -2.39. The van der Waals surface area contributed by atoms with Gasteiger partial charge in [0.05, 0.1) is 26.2 Å². The van der Waals surface area contributed by atoms with Gasteiger partial charge in [0.15, 0.2) is 0 Å². The molecule has 3 N–H and O–H groups in total. The van der Waals surface area contributed by atoms with Crippen LogP contribution < -0.4 is 5.46 Å². The van der Waals surface area contributed by atoms with E-state index >= 15 is 0 Å². The number of nitrogens with zero attached hydrogens (tertiary/aromatic N) is 1. The normalized spacial score (nSPS) is 11.8. The lowest BCUT2D eigenvalue weighted by atomic mass is 9.71. The Morgan fingerprint density at radius 1 is 0.630 bits per heavy atom. The van der Waals surface area contributed by atoms with Crippen molar-refractivity contribution in [3.63, 3.8) is 0 Å². The van der Waals surface area contributed by atoms with Crippen molar-refractivity contribution in [2.24, 2.45) is 0 Å². The predicted octanol–water partition coefficient (Wildman–Crippen LogP) is 3.81. The highest BCUT2D eigenvalue weighted by molar-refractivity contribution is 6.71. The fourth-order valence-electron chi connectivity index (χ4n) is 3.36. The van der Waals surface area contributed by atoms with Crippen LogP contribution in [-0.2, 0) is 0 Å². The average Bonchev–Trinajstić information content (AvgIpc) is 2.67. The molecule has 5 heteroatoms. The van der Waals surface area contributed by atoms with Crippen molar-refractivity contribution in [2.45, 2.75) is 79.1 Å². The molecule has 0 aliphatic heterocycles. The monoisotopic (exact) mass is 381 g/mol. The first-order valence-electron chi connectivity index (χ1n) is 11.1. The highest BCUT2D eigenvalue weighted by atomic mass is 16.5. The summed E-state index contributed by atoms with van der Waals surface area (Å²) in [5.74, 6) is 0. The molecule has 0 bridgehead atoms. The summed E-state index contributed by atoms with van der Waals surface area (Å²) in [5.41, 5.74) is 0.127. The van der Waals surface area contributed by atoms with E-state index in [9.17, 15) is 0 Å². The SMILES string of the molecule is CCCC[N+](CCCC)(CCCC)CCCC.O[B-](O)(O)c1ccccc1. The Kier molecular flexibility index (Phi) is 14.6. The maximum Gasteiger partial charge on any atom is 0.402 e. The third kappa shape index (κ3) is 12.2. The molecule has 0 saturated heterocycles. The molecule has 0 unspecified atom stereocenters. The standard InChI is InChI=1S/C16H36N.C6H8BO3/c1-5-9-13-17(14-10-6-2,15-11-7-3)16-12-8-4;8-7(9,10)6-4-2-1-3-5-6/h5-16H2,1-4H3;1-5,8-10H/q+1;-1. The highest BCUT2D eigenvalue weighted by Gasteiger charge is 2.24. The van der Waals surface area contributed by atoms with Crippen LogP contribution in [0, 0.1) is 0 Å². The maximum absolute atomic E-state index is 8.66. The second kappa shape index (κ2) is 15.1. The molecule has 1 aromatic carbocycles. The molecule has 0 aliphatic carbocycles. The summed E-state index contributed by atoms with van der Waals surface area (Å²) in [4.78, 5) is 0. The number of hydrogen-bond donors (Lipinski definition) is 3. The van der Waals surface area contributed by atoms with Gasteiger partial charge in [-0.2, -0.15) is 0 Å². The van der Waals surface area contributed by atoms with Gasteiger partial charge in [-0.05, 0) is 25.7 Å². The summed E-state index contributed by atoms with van der Waals surface area (Å²) in [7, 11) is 0. The van der Waals surface area contributed by atoms with Crippen LogP contribution in [0.3, 0.4) is 0 Å². The Bertz CT molecular complexity index is 411. The summed E-state index contributed by atoms with van der Waals surface area (Å²) in [6, 6.07) is 7.86. The van der Waals surface area contributed by atoms with E-state index in [1.54, 1.807) is 18.2 Å². The van der Waals surface area contributed by atoms with Crippen molar-refractivity contribution in [3.05, 3.63) is 30.3 Å². The molecular weight excluding hydrogens is 337 g/mol. The number of benzene rings is 1. The molecule has 0 radical (unpaired) electrons. The van der Waals surface area contributed by atoms with Gasteiger partial charge in [-0.1, -0.05) is 83.7 Å². The van der Waals surface area contributed by atoms with Crippen LogP contribution in [0.5, 0.6) is 0 Å². The largest absolute Gasteiger partial charge is 0.556 e. The molecule has 0 fully saturated rings. The first-order chi connectivity index (χ1) is 12.8. The Balaban J connectivity index is 0.000000569. The van der Waals surface area contributed by atoms with Crippen LogP contribution in [0.1, 0.15) is 79.1 Å². The van der Waals surface area contributed by atoms with E-state index in [2.05, 4.69) is 27.7 Å². The lowest BCUT2D eigenvalue weighted by molar-refractivity contribution is -0.929. The van der Waals surface area contributed by atoms with Crippen molar-refractivity contribution in [3.8, 4) is 0 Å². The van der Waals surface area contributed by atoms with Gasteiger partial charge in [-0.25, -0.2) is 0 Å². The van der Waals surface area contributed by atoms with Crippen molar-refractivity contribution < 1.29 is 19.6 Å². The third-order valence-electron chi connectivity index (χ3n) is 5.19. The van der Waals surface area contributed by atoms with Crippen molar-refractivity contribution in [1.29, 1.82) is 0 Å². The molecule has 0 spiro atoms. The summed E-state index contributed by atoms with van der Waals surface area (Å²) < 4.78 is 1.42. The van der Waals surface area contributed by atoms with E-state index in [-0.39, 0.29) is 5.46 Å². The quantitative estimate of drug-likeness (QED) is 0.360. The number of unbranched alkanes of at least 4 members (excludes halogenated alkanes) is 4. The maximum atomic E-state index is 8.66. The molecule has 4 nitrogen and oxygen atoms in total. The zero-order chi connectivity index (χ0) is 20.6. The summed E-state index contributed by atoms with van der Waals surface area (Å²) in [6.07, 6.45) is 11.1. The van der Waals surface area contributed by atoms with Gasteiger partial charge in [0.1, 0.15) is 0 Å². The van der Waals surface area contributed by atoms with Gasteiger partial charge >= 0.3 is 6.75 Å². The Hall–Kier alpha value is -0.875. The minimum Gasteiger partial charge on any atom is -0.556 e. The van der Waals surface area contributed by atoms with E-state index in [0.717, 1.165) is 0 Å². The van der Waals surface area contributed by atoms with E-state index in [4.69, 9.17) is 15.1 Å². The zero-order valence-corrected chi connectivity index (χ0v) is 18.2. The smallest absolute Gasteiger partial charge is 0.402 e. The van der Waals surface area contributed by atoms with E-state index in [0.29, 0.717) is 0 Å². The van der Waals surface area contributed by atoms with Crippen LogP contribution in [0.25, 0.3) is 0 Å². The summed E-state index contributed by atoms with van der Waals surface area (Å²) in [5, 5.41) is 26.0. The number of quaternary nitrogens is 1. The molecule has 158 valence electrons. The lowest BCUT2D eigenvalue weighted by Crippen LogP contribution is -2.50. The van der Waals surface area contributed by atoms with Crippen molar-refractivity contribution in [1.82, 2.24) is 0 Å². The van der Waals surface area contributed by atoms with Crippen LogP contribution in [-0.4, -0.2) is 52.5 Å². The van der Waals surface area contributed by atoms with Gasteiger partial charge in [0.2, 0.25) is 0 Å². The molecular formula is C22H44BNO3. The van der Waals surface area contributed by atoms with Gasteiger partial charge in [0, 0.05) is 0 Å². The molecule has 0 saturated carbocycles. The topological polar surface area (TPSA) is 60.7 Å². The molecule has 0 aromatic heterocycles. The second-order valence-electron chi connectivity index (χ2n) is 7.79. The predicted molar refractivity (Wildman–Crippen MR) is 118 cm³/mol. The molecule has 0 atom stereocenters.